The number of alkyl carbamates (subject to hydrolysis) is 4. The summed E-state index contributed by atoms with van der Waals surface area (Å²) in [6.45, 7) is 3.77. The Morgan fingerprint density at radius 2 is 0.938 bits per heavy atom. The molecule has 4 atom stereocenters. The van der Waals surface area contributed by atoms with Crippen LogP contribution < -0.4 is 37.2 Å². The number of aliphatic imine (C=N–C) groups is 2. The molecule has 0 radical (unpaired) electrons. The van der Waals surface area contributed by atoms with Crippen LogP contribution in [0.1, 0.15) is 63.8 Å². The highest BCUT2D eigenvalue weighted by atomic mass is 16.6. The van der Waals surface area contributed by atoms with Gasteiger partial charge < -0.3 is 40.0 Å². The van der Waals surface area contributed by atoms with Gasteiger partial charge in [-0.1, -0.05) is 152 Å². The lowest BCUT2D eigenvalue weighted by Crippen LogP contribution is -2.53. The molecular weight excluding hydrogens is 1040 g/mol. The Balaban J connectivity index is 1.06. The molecule has 0 aromatic heterocycles. The molecule has 1 fully saturated rings. The molecule has 2 unspecified atom stereocenters. The average Bonchev–Trinajstić information content (AvgIpc) is 3.94. The van der Waals surface area contributed by atoms with Gasteiger partial charge in [0.1, 0.15) is 44.8 Å². The van der Waals surface area contributed by atoms with E-state index in [-0.39, 0.29) is 51.6 Å². The minimum Gasteiger partial charge on any atom is -0.508 e. The van der Waals surface area contributed by atoms with Crippen molar-refractivity contribution in [3.05, 3.63) is 208 Å². The number of carbonyl (C=O) groups excluding carboxylic acids is 7. The lowest BCUT2D eigenvalue weighted by Gasteiger charge is -2.23. The van der Waals surface area contributed by atoms with Crippen molar-refractivity contribution >= 4 is 54.0 Å². The molecule has 81 heavy (non-hydrogen) atoms. The van der Waals surface area contributed by atoms with Crippen LogP contribution in [0.4, 0.5) is 19.2 Å². The number of benzene rings is 6. The summed E-state index contributed by atoms with van der Waals surface area (Å²) >= 11 is 0. The van der Waals surface area contributed by atoms with E-state index in [0.29, 0.717) is 38.9 Å². The number of guanidine groups is 2. The van der Waals surface area contributed by atoms with Crippen LogP contribution in [0.5, 0.6) is 5.75 Å². The van der Waals surface area contributed by atoms with E-state index < -0.39 is 84.1 Å². The first-order valence-corrected chi connectivity index (χ1v) is 25.9. The molecule has 21 nitrogen and oxygen atoms in total. The fourth-order valence-electron chi connectivity index (χ4n) is 8.60. The molecule has 0 saturated heterocycles. The Morgan fingerprint density at radius 1 is 0.556 bits per heavy atom. The van der Waals surface area contributed by atoms with Gasteiger partial charge in [0.15, 0.2) is 5.54 Å². The van der Waals surface area contributed by atoms with E-state index in [1.807, 2.05) is 54.6 Å². The summed E-state index contributed by atoms with van der Waals surface area (Å²) in [6.07, 6.45) is -3.67. The topological polar surface area (TPSA) is 286 Å². The van der Waals surface area contributed by atoms with Crippen LogP contribution in [0.15, 0.2) is 174 Å². The normalized spacial score (nSPS) is 14.6. The second-order valence-electron chi connectivity index (χ2n) is 18.9. The summed E-state index contributed by atoms with van der Waals surface area (Å²) in [5, 5.41) is 28.5. The molecule has 420 valence electrons. The van der Waals surface area contributed by atoms with Crippen LogP contribution in [0.2, 0.25) is 0 Å². The summed E-state index contributed by atoms with van der Waals surface area (Å²) in [5.41, 5.74) is 3.78. The van der Waals surface area contributed by atoms with Gasteiger partial charge in [0.05, 0.1) is 6.04 Å². The standard InChI is InChI=1S/C60H63N9O12/c1-39-29-48(70)30-40(2)51(39)49-32-60(49,69-55(67-58(76)80-37-45-25-15-7-16-26-45)68-59(77)81-38-46-27-17-8-18-28-46)53(73)63-41(3)52(72)61-33-47(31-42-19-9-4-10-20-42)64-50(71)34-62-54(65-56(74)78-35-43-21-11-5-12-22-43)66-57(75)79-36-44-23-13-6-14-24-44/h4-30,41,47,49,70H,31-38H2,1-3H3,(H,61,72)(H,63,73)(H,64,71)(H2,62,65,66,74,75)(H2,67,68,69,76,77)/t41-,47+,49?,60?/m1/s1. The summed E-state index contributed by atoms with van der Waals surface area (Å²) in [5.74, 6) is -3.61. The van der Waals surface area contributed by atoms with Crippen LogP contribution in [0.25, 0.3) is 0 Å². The molecule has 0 aliphatic heterocycles. The number of phenolic OH excluding ortho intramolecular Hbond substituents is 1. The molecule has 1 aliphatic rings. The maximum atomic E-state index is 14.8. The monoisotopic (exact) mass is 1100 g/mol. The highest BCUT2D eigenvalue weighted by molar-refractivity contribution is 6.05. The van der Waals surface area contributed by atoms with Crippen molar-refractivity contribution in [2.24, 2.45) is 9.98 Å². The number of aryl methyl sites for hydroxylation is 2. The van der Waals surface area contributed by atoms with Crippen LogP contribution in [-0.4, -0.2) is 89.8 Å². The minimum atomic E-state index is -1.74. The van der Waals surface area contributed by atoms with Crippen molar-refractivity contribution in [3.8, 4) is 5.75 Å². The molecule has 8 N–H and O–H groups in total. The molecule has 1 saturated carbocycles. The minimum absolute atomic E-state index is 0.00587. The van der Waals surface area contributed by atoms with Gasteiger partial charge in [-0.2, -0.15) is 0 Å². The molecule has 0 bridgehead atoms. The highest BCUT2D eigenvalue weighted by Crippen LogP contribution is 2.56. The van der Waals surface area contributed by atoms with E-state index in [2.05, 4.69) is 42.2 Å². The van der Waals surface area contributed by atoms with Crippen molar-refractivity contribution < 1.29 is 57.6 Å². The molecule has 6 aromatic carbocycles. The quantitative estimate of drug-likeness (QED) is 0.0218. The maximum absolute atomic E-state index is 14.8. The molecule has 0 heterocycles. The molecule has 21 heteroatoms. The second-order valence-corrected chi connectivity index (χ2v) is 18.9. The number of aromatic hydroxyl groups is 1. The third-order valence-corrected chi connectivity index (χ3v) is 12.6. The first-order valence-electron chi connectivity index (χ1n) is 25.9. The molecule has 0 spiro atoms. The largest absolute Gasteiger partial charge is 0.508 e. The van der Waals surface area contributed by atoms with Crippen molar-refractivity contribution in [1.29, 1.82) is 0 Å². The highest BCUT2D eigenvalue weighted by Gasteiger charge is 2.62. The Hall–Kier alpha value is -10.1. The zero-order chi connectivity index (χ0) is 57.6. The van der Waals surface area contributed by atoms with Crippen molar-refractivity contribution in [2.45, 2.75) is 83.6 Å². The number of phenols is 1. The molecule has 7 rings (SSSR count). The fourth-order valence-corrected chi connectivity index (χ4v) is 8.60. The molecule has 1 aliphatic carbocycles. The Morgan fingerprint density at radius 3 is 1.35 bits per heavy atom. The number of carbonyl (C=O) groups is 7. The lowest BCUT2D eigenvalue weighted by atomic mass is 9.95. The van der Waals surface area contributed by atoms with E-state index in [4.69, 9.17) is 23.9 Å². The number of amides is 7. The van der Waals surface area contributed by atoms with Crippen molar-refractivity contribution in [3.63, 3.8) is 0 Å². The van der Waals surface area contributed by atoms with E-state index in [1.54, 1.807) is 123 Å². The number of rotatable bonds is 20. The molecular formula is C60H63N9O12. The Bertz CT molecular complexity index is 3050. The summed E-state index contributed by atoms with van der Waals surface area (Å²) < 4.78 is 21.5. The van der Waals surface area contributed by atoms with E-state index in [0.717, 1.165) is 5.56 Å². The molecule has 7 amide bonds. The zero-order valence-corrected chi connectivity index (χ0v) is 44.8. The first-order chi connectivity index (χ1) is 39.1. The van der Waals surface area contributed by atoms with Crippen LogP contribution in [0.3, 0.4) is 0 Å². The van der Waals surface area contributed by atoms with E-state index in [1.165, 1.54) is 6.92 Å². The first kappa shape index (κ1) is 58.6. The van der Waals surface area contributed by atoms with Gasteiger partial charge in [-0.05, 0) is 90.3 Å². The van der Waals surface area contributed by atoms with Gasteiger partial charge in [0.25, 0.3) is 0 Å². The summed E-state index contributed by atoms with van der Waals surface area (Å²) in [6, 6.07) is 45.7. The predicted molar refractivity (Wildman–Crippen MR) is 299 cm³/mol. The number of nitrogens with zero attached hydrogens (tertiary/aromatic N) is 2. The predicted octanol–water partition coefficient (Wildman–Crippen LogP) is 7.00. The SMILES string of the molecule is Cc1cc(O)cc(C)c1C1CC1(N=C(NC(=O)OCc1ccccc1)NC(=O)OCc1ccccc1)C(=O)N[C@H](C)C(=O)NC[C@H](Cc1ccccc1)NC(=O)CN=C(NC(=O)OCc1ccccc1)NC(=O)OCc1ccccc1. The number of hydrogen-bond acceptors (Lipinski definition) is 14. The summed E-state index contributed by atoms with van der Waals surface area (Å²) in [4.78, 5) is 104. The average molecular weight is 1100 g/mol. The van der Waals surface area contributed by atoms with Gasteiger partial charge >= 0.3 is 24.4 Å². The van der Waals surface area contributed by atoms with Crippen molar-refractivity contribution in [2.75, 3.05) is 13.1 Å². The number of ether oxygens (including phenoxy) is 4. The van der Waals surface area contributed by atoms with Crippen LogP contribution in [0, 0.1) is 13.8 Å². The maximum Gasteiger partial charge on any atom is 0.414 e. The Kier molecular flexibility index (Phi) is 21.0. The van der Waals surface area contributed by atoms with Crippen LogP contribution >= 0.6 is 0 Å². The van der Waals surface area contributed by atoms with Gasteiger partial charge in [-0.25, -0.2) is 29.2 Å². The number of hydrogen-bond donors (Lipinski definition) is 8. The summed E-state index contributed by atoms with van der Waals surface area (Å²) in [7, 11) is 0. The zero-order valence-electron chi connectivity index (χ0n) is 44.8. The van der Waals surface area contributed by atoms with E-state index >= 15 is 0 Å². The van der Waals surface area contributed by atoms with E-state index in [9.17, 15) is 38.7 Å². The van der Waals surface area contributed by atoms with Gasteiger partial charge in [-0.3, -0.25) is 35.7 Å². The van der Waals surface area contributed by atoms with Crippen LogP contribution in [-0.2, 0) is 66.2 Å². The third kappa shape index (κ3) is 18.6. The molecule has 6 aromatic rings. The Labute approximate surface area is 467 Å². The smallest absolute Gasteiger partial charge is 0.414 e. The van der Waals surface area contributed by atoms with Gasteiger partial charge in [0, 0.05) is 12.5 Å². The van der Waals surface area contributed by atoms with Crippen molar-refractivity contribution in [1.82, 2.24) is 37.2 Å². The fraction of sp³-hybridized carbons (Fsp3) is 0.250. The number of nitrogens with one attached hydrogen (secondary N) is 7. The van der Waals surface area contributed by atoms with Gasteiger partial charge in [0.2, 0.25) is 29.6 Å². The van der Waals surface area contributed by atoms with Gasteiger partial charge in [-0.15, -0.1) is 0 Å². The second kappa shape index (κ2) is 29.1. The lowest BCUT2D eigenvalue weighted by molar-refractivity contribution is -0.129. The third-order valence-electron chi connectivity index (χ3n) is 12.6.